The zero-order valence-corrected chi connectivity index (χ0v) is 24.1. The number of fused-ring (bicyclic) bond motifs is 1. The highest BCUT2D eigenvalue weighted by molar-refractivity contribution is 5.83. The first-order valence-electron chi connectivity index (χ1n) is 14.7. The van der Waals surface area contributed by atoms with Crippen LogP contribution in [0.3, 0.4) is 0 Å². The molecule has 0 aliphatic rings. The Kier molecular flexibility index (Phi) is 7.17. The lowest BCUT2D eigenvalue weighted by Crippen LogP contribution is -2.09. The topological polar surface area (TPSA) is 8.17 Å². The number of hydrogen-bond acceptors (Lipinski definition) is 1. The molecule has 7 aromatic rings. The molecule has 206 valence electrons. The fourth-order valence-corrected chi connectivity index (χ4v) is 5.73. The fourth-order valence-electron chi connectivity index (χ4n) is 5.73. The van der Waals surface area contributed by atoms with Crippen molar-refractivity contribution in [2.45, 2.75) is 6.92 Å². The Morgan fingerprint density at radius 3 is 1.53 bits per heavy atom. The third-order valence-electron chi connectivity index (χ3n) is 7.95. The summed E-state index contributed by atoms with van der Waals surface area (Å²) in [5.41, 5.74) is 11.7. The molecule has 0 atom stereocenters. The van der Waals surface area contributed by atoms with Crippen molar-refractivity contribution in [3.05, 3.63) is 176 Å². The van der Waals surface area contributed by atoms with E-state index in [1.165, 1.54) is 38.7 Å². The molecular formula is C41H32N2. The lowest BCUT2D eigenvalue weighted by atomic mass is 10.0. The molecule has 0 saturated heterocycles. The molecule has 43 heavy (non-hydrogen) atoms. The second kappa shape index (κ2) is 11.7. The van der Waals surface area contributed by atoms with Gasteiger partial charge in [-0.1, -0.05) is 109 Å². The van der Waals surface area contributed by atoms with E-state index in [4.69, 9.17) is 0 Å². The van der Waals surface area contributed by atoms with Crippen LogP contribution in [0.4, 0.5) is 17.1 Å². The number of rotatable bonds is 7. The Bertz CT molecular complexity index is 1980. The molecule has 0 amide bonds. The van der Waals surface area contributed by atoms with Gasteiger partial charge in [-0.3, -0.25) is 0 Å². The van der Waals surface area contributed by atoms with Gasteiger partial charge in [0, 0.05) is 28.9 Å². The molecule has 7 rings (SSSR count). The summed E-state index contributed by atoms with van der Waals surface area (Å²) in [5, 5.41) is 1.25. The minimum atomic E-state index is 1.12. The summed E-state index contributed by atoms with van der Waals surface area (Å²) >= 11 is 0. The molecular weight excluding hydrogens is 520 g/mol. The quantitative estimate of drug-likeness (QED) is 0.191. The largest absolute Gasteiger partial charge is 0.317 e. The number of para-hydroxylation sites is 1. The Morgan fingerprint density at radius 2 is 0.953 bits per heavy atom. The zero-order valence-electron chi connectivity index (χ0n) is 24.1. The Morgan fingerprint density at radius 1 is 0.465 bits per heavy atom. The molecule has 6 aromatic carbocycles. The van der Waals surface area contributed by atoms with Gasteiger partial charge in [-0.05, 0) is 101 Å². The smallest absolute Gasteiger partial charge is 0.0528 e. The van der Waals surface area contributed by atoms with Crippen LogP contribution in [0.1, 0.15) is 12.5 Å². The van der Waals surface area contributed by atoms with E-state index in [9.17, 15) is 0 Å². The second-order valence-electron chi connectivity index (χ2n) is 10.7. The van der Waals surface area contributed by atoms with E-state index in [1.807, 2.05) is 6.92 Å². The van der Waals surface area contributed by atoms with E-state index in [0.717, 1.165) is 22.7 Å². The highest BCUT2D eigenvalue weighted by atomic mass is 15.1. The van der Waals surface area contributed by atoms with Crippen molar-refractivity contribution >= 4 is 34.0 Å². The molecule has 0 bridgehead atoms. The predicted molar refractivity (Wildman–Crippen MR) is 184 cm³/mol. The second-order valence-corrected chi connectivity index (χ2v) is 10.7. The number of benzene rings is 6. The molecule has 0 spiro atoms. The van der Waals surface area contributed by atoms with E-state index >= 15 is 0 Å². The first-order chi connectivity index (χ1) is 21.3. The molecule has 0 saturated carbocycles. The Labute approximate surface area is 253 Å². The van der Waals surface area contributed by atoms with Gasteiger partial charge in [0.15, 0.2) is 0 Å². The summed E-state index contributed by atoms with van der Waals surface area (Å²) in [5.74, 6) is 0. The number of hydrogen-bond donors (Lipinski definition) is 0. The molecule has 0 fully saturated rings. The van der Waals surface area contributed by atoms with E-state index in [-0.39, 0.29) is 0 Å². The molecule has 0 radical (unpaired) electrons. The summed E-state index contributed by atoms with van der Waals surface area (Å²) in [6.45, 7) is 2.05. The highest BCUT2D eigenvalue weighted by Gasteiger charge is 2.13. The van der Waals surface area contributed by atoms with E-state index in [0.29, 0.717) is 0 Å². The third kappa shape index (κ3) is 5.39. The van der Waals surface area contributed by atoms with Gasteiger partial charge in [-0.15, -0.1) is 0 Å². The normalized spacial score (nSPS) is 11.3. The molecule has 1 heterocycles. The van der Waals surface area contributed by atoms with Crippen LogP contribution in [0, 0.1) is 0 Å². The van der Waals surface area contributed by atoms with Crippen LogP contribution in [0.2, 0.25) is 0 Å². The summed E-state index contributed by atoms with van der Waals surface area (Å²) < 4.78 is 2.24. The van der Waals surface area contributed by atoms with Crippen LogP contribution in [-0.4, -0.2) is 4.57 Å². The summed E-state index contributed by atoms with van der Waals surface area (Å²) in [6, 6.07) is 56.4. The molecule has 2 heteroatoms. The number of allylic oxidation sites excluding steroid dienone is 1. The minimum absolute atomic E-state index is 1.12. The van der Waals surface area contributed by atoms with Gasteiger partial charge in [0.2, 0.25) is 0 Å². The van der Waals surface area contributed by atoms with Crippen LogP contribution >= 0.6 is 0 Å². The Hall–Kier alpha value is -5.60. The lowest BCUT2D eigenvalue weighted by molar-refractivity contribution is 1.13. The lowest BCUT2D eigenvalue weighted by Gasteiger charge is -2.26. The zero-order chi connectivity index (χ0) is 29.0. The molecule has 0 N–H and O–H groups in total. The van der Waals surface area contributed by atoms with Gasteiger partial charge in [0.1, 0.15) is 0 Å². The molecule has 0 aliphatic carbocycles. The molecule has 0 unspecified atom stereocenters. The van der Waals surface area contributed by atoms with Gasteiger partial charge in [-0.25, -0.2) is 0 Å². The van der Waals surface area contributed by atoms with Crippen molar-refractivity contribution in [3.8, 4) is 27.9 Å². The summed E-state index contributed by atoms with van der Waals surface area (Å²) in [7, 11) is 0. The van der Waals surface area contributed by atoms with Crippen LogP contribution in [0.15, 0.2) is 170 Å². The van der Waals surface area contributed by atoms with Crippen molar-refractivity contribution in [3.63, 3.8) is 0 Å². The number of anilines is 3. The third-order valence-corrected chi connectivity index (χ3v) is 7.95. The SMILES string of the molecule is CC=Cc1ccc(N(c2ccc(-c3ccccc3)cc2)c2ccc(-c3ccc(-n4ccc5ccccc54)cc3)cc2)cc1. The first kappa shape index (κ1) is 26.3. The number of nitrogens with zero attached hydrogens (tertiary/aromatic N) is 2. The van der Waals surface area contributed by atoms with E-state index in [2.05, 4.69) is 186 Å². The van der Waals surface area contributed by atoms with Crippen LogP contribution in [0.5, 0.6) is 0 Å². The van der Waals surface area contributed by atoms with Crippen LogP contribution in [-0.2, 0) is 0 Å². The van der Waals surface area contributed by atoms with Gasteiger partial charge in [-0.2, -0.15) is 0 Å². The van der Waals surface area contributed by atoms with Gasteiger partial charge in [0.25, 0.3) is 0 Å². The van der Waals surface area contributed by atoms with Crippen molar-refractivity contribution in [2.24, 2.45) is 0 Å². The molecule has 1 aromatic heterocycles. The van der Waals surface area contributed by atoms with E-state index in [1.54, 1.807) is 0 Å². The maximum absolute atomic E-state index is 2.32. The highest BCUT2D eigenvalue weighted by Crippen LogP contribution is 2.37. The minimum Gasteiger partial charge on any atom is -0.317 e. The van der Waals surface area contributed by atoms with Gasteiger partial charge < -0.3 is 9.47 Å². The summed E-state index contributed by atoms with van der Waals surface area (Å²) in [4.78, 5) is 2.32. The molecule has 0 aliphatic heterocycles. The maximum Gasteiger partial charge on any atom is 0.0528 e. The standard InChI is InChI=1S/C41H32N2/c1-2-8-31-13-21-38(22-14-31)43(39-25-17-33(18-26-39)32-9-4-3-5-10-32)40-27-19-35(20-28-40)34-15-23-37(24-16-34)42-30-29-36-11-6-7-12-41(36)42/h2-30H,1H3. The fraction of sp³-hybridized carbons (Fsp3) is 0.0244. The predicted octanol–water partition coefficient (Wildman–Crippen LogP) is 11.5. The molecule has 2 nitrogen and oxygen atoms in total. The van der Waals surface area contributed by atoms with Gasteiger partial charge >= 0.3 is 0 Å². The van der Waals surface area contributed by atoms with Crippen LogP contribution < -0.4 is 4.90 Å². The van der Waals surface area contributed by atoms with Crippen LogP contribution in [0.25, 0.3) is 44.9 Å². The monoisotopic (exact) mass is 552 g/mol. The first-order valence-corrected chi connectivity index (χ1v) is 14.7. The number of aromatic nitrogens is 1. The van der Waals surface area contributed by atoms with Crippen molar-refractivity contribution < 1.29 is 0 Å². The maximum atomic E-state index is 2.32. The average molecular weight is 553 g/mol. The van der Waals surface area contributed by atoms with Gasteiger partial charge in [0.05, 0.1) is 5.52 Å². The van der Waals surface area contributed by atoms with E-state index < -0.39 is 0 Å². The Balaban J connectivity index is 1.20. The average Bonchev–Trinajstić information content (AvgIpc) is 3.51. The van der Waals surface area contributed by atoms with Crippen molar-refractivity contribution in [2.75, 3.05) is 4.90 Å². The van der Waals surface area contributed by atoms with Crippen molar-refractivity contribution in [1.82, 2.24) is 4.57 Å². The summed E-state index contributed by atoms with van der Waals surface area (Å²) in [6.07, 6.45) is 6.34. The van der Waals surface area contributed by atoms with Crippen molar-refractivity contribution in [1.29, 1.82) is 0 Å².